The molecule has 5 heteroatoms. The summed E-state index contributed by atoms with van der Waals surface area (Å²) in [5.74, 6) is 0.178. The smallest absolute Gasteiger partial charge is 0.237 e. The highest BCUT2D eigenvalue weighted by Gasteiger charge is 2.36. The summed E-state index contributed by atoms with van der Waals surface area (Å²) in [7, 11) is 0. The van der Waals surface area contributed by atoms with Gasteiger partial charge in [-0.05, 0) is 57.2 Å². The zero-order chi connectivity index (χ0) is 15.3. The van der Waals surface area contributed by atoms with Gasteiger partial charge in [0.2, 0.25) is 5.91 Å². The Hall–Kier alpha value is -0.650. The van der Waals surface area contributed by atoms with Crippen LogP contribution < -0.4 is 10.6 Å². The van der Waals surface area contributed by atoms with Gasteiger partial charge in [0.15, 0.2) is 0 Å². The number of nitrogens with zero attached hydrogens (tertiary/aromatic N) is 1. The molecule has 0 aliphatic carbocycles. The number of piperidine rings is 1. The average Bonchev–Trinajstić information content (AvgIpc) is 2.95. The van der Waals surface area contributed by atoms with Crippen molar-refractivity contribution in [1.29, 1.82) is 0 Å². The molecule has 0 spiro atoms. The van der Waals surface area contributed by atoms with Crippen LogP contribution in [0, 0.1) is 5.41 Å². The summed E-state index contributed by atoms with van der Waals surface area (Å²) in [4.78, 5) is 14.9. The molecule has 0 saturated carbocycles. The Morgan fingerprint density at radius 1 is 1.33 bits per heavy atom. The number of nitrogens with one attached hydrogen (secondary N) is 2. The Morgan fingerprint density at radius 2 is 2.05 bits per heavy atom. The number of hydrogen-bond acceptors (Lipinski definition) is 4. The topological polar surface area (TPSA) is 64.6 Å². The van der Waals surface area contributed by atoms with E-state index in [2.05, 4.69) is 29.4 Å². The number of carbonyl (C=O) groups is 1. The van der Waals surface area contributed by atoms with Crippen LogP contribution in [0.25, 0.3) is 0 Å². The van der Waals surface area contributed by atoms with Crippen LogP contribution >= 0.6 is 0 Å². The van der Waals surface area contributed by atoms with Gasteiger partial charge < -0.3 is 15.7 Å². The van der Waals surface area contributed by atoms with Crippen LogP contribution in [0.3, 0.4) is 0 Å². The molecule has 5 nitrogen and oxygen atoms in total. The van der Waals surface area contributed by atoms with E-state index >= 15 is 0 Å². The molecule has 2 rings (SSSR count). The average molecular weight is 297 g/mol. The van der Waals surface area contributed by atoms with Gasteiger partial charge in [0, 0.05) is 19.2 Å². The highest BCUT2D eigenvalue weighted by atomic mass is 16.3. The van der Waals surface area contributed by atoms with Crippen molar-refractivity contribution in [3.8, 4) is 0 Å². The van der Waals surface area contributed by atoms with Crippen LogP contribution in [-0.2, 0) is 4.79 Å². The lowest BCUT2D eigenvalue weighted by molar-refractivity contribution is -0.126. The lowest BCUT2D eigenvalue weighted by atomic mass is 9.89. The molecule has 0 bridgehead atoms. The van der Waals surface area contributed by atoms with Gasteiger partial charge in [0.1, 0.15) is 0 Å². The first-order chi connectivity index (χ1) is 10.0. The van der Waals surface area contributed by atoms with E-state index in [0.29, 0.717) is 12.6 Å². The molecule has 21 heavy (non-hydrogen) atoms. The van der Waals surface area contributed by atoms with Crippen LogP contribution in [0.1, 0.15) is 46.0 Å². The monoisotopic (exact) mass is 297 g/mol. The van der Waals surface area contributed by atoms with Gasteiger partial charge >= 0.3 is 0 Å². The molecule has 3 N–H and O–H groups in total. The molecular weight excluding hydrogens is 266 g/mol. The van der Waals surface area contributed by atoms with Gasteiger partial charge in [0.25, 0.3) is 0 Å². The van der Waals surface area contributed by atoms with E-state index in [1.165, 1.54) is 0 Å². The summed E-state index contributed by atoms with van der Waals surface area (Å²) < 4.78 is 0. The summed E-state index contributed by atoms with van der Waals surface area (Å²) in [6.45, 7) is 8.18. The normalized spacial score (nSPS) is 25.2. The zero-order valence-electron chi connectivity index (χ0n) is 13.5. The van der Waals surface area contributed by atoms with Crippen molar-refractivity contribution in [2.24, 2.45) is 5.41 Å². The van der Waals surface area contributed by atoms with Crippen molar-refractivity contribution >= 4 is 5.91 Å². The van der Waals surface area contributed by atoms with Crippen molar-refractivity contribution in [2.45, 2.75) is 58.0 Å². The Bertz CT molecular complexity index is 340. The van der Waals surface area contributed by atoms with Gasteiger partial charge in [0.05, 0.1) is 6.04 Å². The van der Waals surface area contributed by atoms with Crippen LogP contribution in [0.15, 0.2) is 0 Å². The number of hydrogen-bond donors (Lipinski definition) is 3. The molecular formula is C16H31N3O2. The Balaban J connectivity index is 1.85. The van der Waals surface area contributed by atoms with Crippen LogP contribution in [-0.4, -0.2) is 60.8 Å². The van der Waals surface area contributed by atoms with E-state index in [4.69, 9.17) is 5.11 Å². The first kappa shape index (κ1) is 16.7. The number of carbonyl (C=O) groups excluding carboxylic acids is 1. The second-order valence-electron chi connectivity index (χ2n) is 7.23. The zero-order valence-corrected chi connectivity index (χ0v) is 13.5. The molecule has 1 unspecified atom stereocenters. The number of amides is 1. The molecule has 2 aliphatic rings. The van der Waals surface area contributed by atoms with E-state index in [0.717, 1.165) is 51.7 Å². The van der Waals surface area contributed by atoms with E-state index in [1.807, 2.05) is 0 Å². The van der Waals surface area contributed by atoms with Crippen LogP contribution in [0.2, 0.25) is 0 Å². The van der Waals surface area contributed by atoms with Gasteiger partial charge in [-0.1, -0.05) is 13.8 Å². The summed E-state index contributed by atoms with van der Waals surface area (Å²) in [5.41, 5.74) is -0.0391. The third-order valence-corrected chi connectivity index (χ3v) is 4.90. The minimum Gasteiger partial charge on any atom is -0.396 e. The molecule has 122 valence electrons. The van der Waals surface area contributed by atoms with Crippen molar-refractivity contribution in [3.05, 3.63) is 0 Å². The number of rotatable bonds is 6. The molecule has 1 amide bonds. The second-order valence-corrected chi connectivity index (χ2v) is 7.23. The molecule has 2 fully saturated rings. The lowest BCUT2D eigenvalue weighted by Crippen LogP contribution is -2.51. The van der Waals surface area contributed by atoms with Gasteiger partial charge in [-0.3, -0.25) is 9.69 Å². The maximum absolute atomic E-state index is 12.5. The number of aliphatic hydroxyl groups excluding tert-OH is 1. The minimum atomic E-state index is -0.0391. The Kier molecular flexibility index (Phi) is 6.02. The molecule has 0 radical (unpaired) electrons. The predicted octanol–water partition coefficient (Wildman–Crippen LogP) is 0.728. The maximum Gasteiger partial charge on any atom is 0.237 e. The number of likely N-dealkylation sites (tertiary alicyclic amines) is 1. The van der Waals surface area contributed by atoms with E-state index in [9.17, 15) is 4.79 Å². The molecule has 2 saturated heterocycles. The van der Waals surface area contributed by atoms with Crippen LogP contribution in [0.4, 0.5) is 0 Å². The minimum absolute atomic E-state index is 0.0391. The third kappa shape index (κ3) is 4.66. The van der Waals surface area contributed by atoms with E-state index in [-0.39, 0.29) is 24.0 Å². The summed E-state index contributed by atoms with van der Waals surface area (Å²) in [5, 5.41) is 15.6. The summed E-state index contributed by atoms with van der Waals surface area (Å²) >= 11 is 0. The fraction of sp³-hybridized carbons (Fsp3) is 0.938. The largest absolute Gasteiger partial charge is 0.396 e. The van der Waals surface area contributed by atoms with Crippen molar-refractivity contribution in [1.82, 2.24) is 15.5 Å². The Morgan fingerprint density at radius 3 is 2.71 bits per heavy atom. The molecule has 2 aliphatic heterocycles. The van der Waals surface area contributed by atoms with E-state index < -0.39 is 0 Å². The molecule has 0 aromatic rings. The second kappa shape index (κ2) is 7.56. The van der Waals surface area contributed by atoms with Crippen molar-refractivity contribution in [2.75, 3.05) is 32.8 Å². The maximum atomic E-state index is 12.5. The van der Waals surface area contributed by atoms with E-state index in [1.54, 1.807) is 0 Å². The van der Waals surface area contributed by atoms with Gasteiger partial charge in [-0.2, -0.15) is 0 Å². The SMILES string of the molecule is CC(C)(CCO)CNC(=O)C1CCCN1C1CCNCC1. The lowest BCUT2D eigenvalue weighted by Gasteiger charge is -2.35. The molecule has 2 heterocycles. The summed E-state index contributed by atoms with van der Waals surface area (Å²) in [6, 6.07) is 0.618. The quantitative estimate of drug-likeness (QED) is 0.676. The van der Waals surface area contributed by atoms with Gasteiger partial charge in [-0.25, -0.2) is 0 Å². The number of aliphatic hydroxyl groups is 1. The first-order valence-corrected chi connectivity index (χ1v) is 8.38. The molecule has 0 aromatic heterocycles. The third-order valence-electron chi connectivity index (χ3n) is 4.90. The highest BCUT2D eigenvalue weighted by molar-refractivity contribution is 5.82. The fourth-order valence-electron chi connectivity index (χ4n) is 3.48. The standard InChI is InChI=1S/C16H31N3O2/c1-16(2,7-11-20)12-18-15(21)14-4-3-10-19(14)13-5-8-17-9-6-13/h13-14,17,20H,3-12H2,1-2H3,(H,18,21). The van der Waals surface area contributed by atoms with Crippen LogP contribution in [0.5, 0.6) is 0 Å². The van der Waals surface area contributed by atoms with Crippen molar-refractivity contribution in [3.63, 3.8) is 0 Å². The highest BCUT2D eigenvalue weighted by Crippen LogP contribution is 2.25. The summed E-state index contributed by atoms with van der Waals surface area (Å²) in [6.07, 6.45) is 5.13. The molecule has 1 atom stereocenters. The van der Waals surface area contributed by atoms with Crippen molar-refractivity contribution < 1.29 is 9.90 Å². The fourth-order valence-corrected chi connectivity index (χ4v) is 3.48. The predicted molar refractivity (Wildman–Crippen MR) is 84.1 cm³/mol. The molecule has 0 aromatic carbocycles. The van der Waals surface area contributed by atoms with Gasteiger partial charge in [-0.15, -0.1) is 0 Å². The Labute approximate surface area is 128 Å². The first-order valence-electron chi connectivity index (χ1n) is 8.38.